The van der Waals surface area contributed by atoms with Crippen molar-refractivity contribution in [2.45, 2.75) is 6.04 Å². The molecule has 1 aliphatic heterocycles. The lowest BCUT2D eigenvalue weighted by atomic mass is 10.1. The number of rotatable bonds is 3. The molecule has 6 heteroatoms. The topological polar surface area (TPSA) is 78.7 Å². The van der Waals surface area contributed by atoms with Crippen LogP contribution in [-0.4, -0.2) is 25.5 Å². The van der Waals surface area contributed by atoms with E-state index in [0.29, 0.717) is 5.76 Å². The predicted molar refractivity (Wildman–Crippen MR) is 80.3 cm³/mol. The van der Waals surface area contributed by atoms with E-state index >= 15 is 0 Å². The normalized spacial score (nSPS) is 19.1. The summed E-state index contributed by atoms with van der Waals surface area (Å²) in [6.45, 7) is 0.766. The molecule has 6 nitrogen and oxygen atoms in total. The number of benzene rings is 1. The molecule has 21 heavy (non-hydrogen) atoms. The van der Waals surface area contributed by atoms with Gasteiger partial charge in [-0.15, -0.1) is 0 Å². The SMILES string of the molecule is CN=C1NCC(c2cccc(NC(=O)c3ccco3)c2)N1. The van der Waals surface area contributed by atoms with Gasteiger partial charge in [0, 0.05) is 19.3 Å². The average molecular weight is 284 g/mol. The van der Waals surface area contributed by atoms with Crippen LogP contribution >= 0.6 is 0 Å². The van der Waals surface area contributed by atoms with E-state index in [0.717, 1.165) is 23.8 Å². The van der Waals surface area contributed by atoms with E-state index in [-0.39, 0.29) is 11.9 Å². The number of aliphatic imine (C=N–C) groups is 1. The lowest BCUT2D eigenvalue weighted by molar-refractivity contribution is 0.0996. The van der Waals surface area contributed by atoms with Gasteiger partial charge in [-0.2, -0.15) is 0 Å². The van der Waals surface area contributed by atoms with E-state index in [1.54, 1.807) is 19.2 Å². The first-order valence-electron chi connectivity index (χ1n) is 6.68. The van der Waals surface area contributed by atoms with Crippen molar-refractivity contribution in [2.75, 3.05) is 18.9 Å². The molecule has 0 aliphatic carbocycles. The zero-order chi connectivity index (χ0) is 14.7. The molecule has 1 aromatic carbocycles. The van der Waals surface area contributed by atoms with Crippen LogP contribution in [0, 0.1) is 0 Å². The van der Waals surface area contributed by atoms with Crippen molar-refractivity contribution in [1.82, 2.24) is 10.6 Å². The highest BCUT2D eigenvalue weighted by Crippen LogP contribution is 2.20. The van der Waals surface area contributed by atoms with Crippen molar-refractivity contribution in [2.24, 2.45) is 4.99 Å². The summed E-state index contributed by atoms with van der Waals surface area (Å²) in [6, 6.07) is 11.2. The summed E-state index contributed by atoms with van der Waals surface area (Å²) in [6.07, 6.45) is 1.48. The van der Waals surface area contributed by atoms with Crippen molar-refractivity contribution in [3.05, 3.63) is 54.0 Å². The van der Waals surface area contributed by atoms with E-state index in [2.05, 4.69) is 20.9 Å². The van der Waals surface area contributed by atoms with Crippen LogP contribution in [0.3, 0.4) is 0 Å². The standard InChI is InChI=1S/C15H16N4O2/c1-16-15-17-9-12(19-15)10-4-2-5-11(8-10)18-14(20)13-6-3-7-21-13/h2-8,12H,9H2,1H3,(H,18,20)(H2,16,17,19). The second-order valence-electron chi connectivity index (χ2n) is 4.71. The maximum atomic E-state index is 12.0. The Morgan fingerprint density at radius 3 is 3.00 bits per heavy atom. The van der Waals surface area contributed by atoms with Gasteiger partial charge in [-0.25, -0.2) is 0 Å². The third-order valence-corrected chi connectivity index (χ3v) is 3.30. The van der Waals surface area contributed by atoms with Crippen LogP contribution in [-0.2, 0) is 0 Å². The largest absolute Gasteiger partial charge is 0.459 e. The minimum Gasteiger partial charge on any atom is -0.459 e. The minimum atomic E-state index is -0.259. The molecule has 2 heterocycles. The second-order valence-corrected chi connectivity index (χ2v) is 4.71. The van der Waals surface area contributed by atoms with Gasteiger partial charge in [0.1, 0.15) is 0 Å². The van der Waals surface area contributed by atoms with Crippen LogP contribution in [0.15, 0.2) is 52.1 Å². The summed E-state index contributed by atoms with van der Waals surface area (Å²) in [5, 5.41) is 9.27. The van der Waals surface area contributed by atoms with Crippen LogP contribution in [0.25, 0.3) is 0 Å². The van der Waals surface area contributed by atoms with Gasteiger partial charge >= 0.3 is 0 Å². The Balaban J connectivity index is 1.73. The first-order valence-corrected chi connectivity index (χ1v) is 6.68. The molecule has 3 N–H and O–H groups in total. The highest BCUT2D eigenvalue weighted by Gasteiger charge is 2.20. The van der Waals surface area contributed by atoms with Gasteiger partial charge in [0.2, 0.25) is 0 Å². The molecule has 1 aliphatic rings. The molecular weight excluding hydrogens is 268 g/mol. The number of carbonyl (C=O) groups excluding carboxylic acids is 1. The van der Waals surface area contributed by atoms with Crippen molar-refractivity contribution in [1.29, 1.82) is 0 Å². The van der Waals surface area contributed by atoms with Gasteiger partial charge in [0.15, 0.2) is 11.7 Å². The van der Waals surface area contributed by atoms with Crippen molar-refractivity contribution >= 4 is 17.6 Å². The zero-order valence-electron chi connectivity index (χ0n) is 11.6. The fraction of sp³-hybridized carbons (Fsp3) is 0.200. The van der Waals surface area contributed by atoms with E-state index in [1.807, 2.05) is 24.3 Å². The summed E-state index contributed by atoms with van der Waals surface area (Å²) < 4.78 is 5.08. The molecule has 1 amide bonds. The number of hydrogen-bond acceptors (Lipinski definition) is 3. The van der Waals surface area contributed by atoms with Crippen molar-refractivity contribution in [3.8, 4) is 0 Å². The van der Waals surface area contributed by atoms with Gasteiger partial charge in [0.25, 0.3) is 5.91 Å². The average Bonchev–Trinajstić information content (AvgIpc) is 3.19. The summed E-state index contributed by atoms with van der Waals surface area (Å²) in [4.78, 5) is 16.0. The van der Waals surface area contributed by atoms with E-state index in [1.165, 1.54) is 6.26 Å². The van der Waals surface area contributed by atoms with E-state index in [4.69, 9.17) is 4.42 Å². The fourth-order valence-electron chi connectivity index (χ4n) is 2.24. The lowest BCUT2D eigenvalue weighted by Gasteiger charge is -2.11. The number of guanidine groups is 1. The monoisotopic (exact) mass is 284 g/mol. The molecular formula is C15H16N4O2. The first-order chi connectivity index (χ1) is 10.3. The third-order valence-electron chi connectivity index (χ3n) is 3.30. The molecule has 0 radical (unpaired) electrons. The molecule has 1 atom stereocenters. The number of amides is 1. The summed E-state index contributed by atoms with van der Waals surface area (Å²) in [5.41, 5.74) is 1.82. The van der Waals surface area contributed by atoms with Gasteiger partial charge in [-0.3, -0.25) is 9.79 Å². The van der Waals surface area contributed by atoms with Crippen LogP contribution in [0.2, 0.25) is 0 Å². The molecule has 0 saturated carbocycles. The summed E-state index contributed by atoms with van der Waals surface area (Å²) in [7, 11) is 1.73. The van der Waals surface area contributed by atoms with E-state index in [9.17, 15) is 4.79 Å². The van der Waals surface area contributed by atoms with Crippen LogP contribution in [0.4, 0.5) is 5.69 Å². The Bertz CT molecular complexity index is 664. The number of nitrogens with one attached hydrogen (secondary N) is 3. The summed E-state index contributed by atoms with van der Waals surface area (Å²) >= 11 is 0. The molecule has 1 unspecified atom stereocenters. The molecule has 0 spiro atoms. The number of anilines is 1. The highest BCUT2D eigenvalue weighted by molar-refractivity contribution is 6.02. The molecule has 1 fully saturated rings. The predicted octanol–water partition coefficient (Wildman–Crippen LogP) is 1.75. The molecule has 108 valence electrons. The van der Waals surface area contributed by atoms with Gasteiger partial charge in [-0.05, 0) is 29.8 Å². The number of nitrogens with zero attached hydrogens (tertiary/aromatic N) is 1. The van der Waals surface area contributed by atoms with Crippen molar-refractivity contribution < 1.29 is 9.21 Å². The minimum absolute atomic E-state index is 0.143. The van der Waals surface area contributed by atoms with Crippen LogP contribution < -0.4 is 16.0 Å². The molecule has 1 aromatic heterocycles. The Hall–Kier alpha value is -2.76. The zero-order valence-corrected chi connectivity index (χ0v) is 11.6. The Kier molecular flexibility index (Phi) is 3.59. The smallest absolute Gasteiger partial charge is 0.291 e. The Morgan fingerprint density at radius 1 is 1.38 bits per heavy atom. The molecule has 0 bridgehead atoms. The van der Waals surface area contributed by atoms with Crippen molar-refractivity contribution in [3.63, 3.8) is 0 Å². The maximum absolute atomic E-state index is 12.0. The van der Waals surface area contributed by atoms with Crippen LogP contribution in [0.5, 0.6) is 0 Å². The number of carbonyl (C=O) groups is 1. The first kappa shape index (κ1) is 13.2. The van der Waals surface area contributed by atoms with Gasteiger partial charge in [-0.1, -0.05) is 12.1 Å². The fourth-order valence-corrected chi connectivity index (χ4v) is 2.24. The van der Waals surface area contributed by atoms with E-state index < -0.39 is 0 Å². The third kappa shape index (κ3) is 2.89. The Labute approximate surface area is 122 Å². The lowest BCUT2D eigenvalue weighted by Crippen LogP contribution is -2.24. The van der Waals surface area contributed by atoms with Gasteiger partial charge in [0.05, 0.1) is 12.3 Å². The van der Waals surface area contributed by atoms with Gasteiger partial charge < -0.3 is 20.4 Å². The maximum Gasteiger partial charge on any atom is 0.291 e. The van der Waals surface area contributed by atoms with Crippen LogP contribution in [0.1, 0.15) is 22.2 Å². The summed E-state index contributed by atoms with van der Waals surface area (Å²) in [5.74, 6) is 0.817. The second kappa shape index (κ2) is 5.70. The quantitative estimate of drug-likeness (QED) is 0.802. The molecule has 2 aromatic rings. The highest BCUT2D eigenvalue weighted by atomic mass is 16.3. The molecule has 1 saturated heterocycles. The Morgan fingerprint density at radius 2 is 2.29 bits per heavy atom. The number of furan rings is 1. The molecule has 3 rings (SSSR count). The number of hydrogen-bond donors (Lipinski definition) is 3.